The first-order valence-electron chi connectivity index (χ1n) is 13.0. The molecule has 4 aromatic rings. The predicted molar refractivity (Wildman–Crippen MR) is 152 cm³/mol. The molecule has 0 aromatic heterocycles. The van der Waals surface area contributed by atoms with Crippen molar-refractivity contribution in [2.45, 2.75) is 30.8 Å². The number of halogens is 1. The van der Waals surface area contributed by atoms with Crippen LogP contribution in [-0.2, 0) is 4.79 Å². The summed E-state index contributed by atoms with van der Waals surface area (Å²) in [5.41, 5.74) is 4.83. The van der Waals surface area contributed by atoms with Crippen LogP contribution in [0.2, 0.25) is 5.02 Å². The molecule has 188 valence electrons. The van der Waals surface area contributed by atoms with E-state index in [1.54, 1.807) is 0 Å². The first-order chi connectivity index (χ1) is 18.1. The summed E-state index contributed by atoms with van der Waals surface area (Å²) in [6.45, 7) is 1.77. The number of amides is 1. The lowest BCUT2D eigenvalue weighted by Gasteiger charge is -2.31. The molecule has 1 fully saturated rings. The molecule has 3 nitrogen and oxygen atoms in total. The molecule has 5 rings (SSSR count). The van der Waals surface area contributed by atoms with Crippen molar-refractivity contribution in [3.8, 4) is 0 Å². The second-order valence-corrected chi connectivity index (χ2v) is 10.3. The zero-order chi connectivity index (χ0) is 25.6. The smallest absolute Gasteiger partial charge is 0.223 e. The maximum atomic E-state index is 13.6. The molecule has 37 heavy (non-hydrogen) atoms. The molecule has 1 aliphatic heterocycles. The Hall–Kier alpha value is -3.40. The van der Waals surface area contributed by atoms with Crippen molar-refractivity contribution in [1.29, 1.82) is 0 Å². The van der Waals surface area contributed by atoms with Gasteiger partial charge in [-0.1, -0.05) is 115 Å². The Balaban J connectivity index is 1.33. The van der Waals surface area contributed by atoms with E-state index < -0.39 is 0 Å². The number of hydrogen-bond acceptors (Lipinski definition) is 2. The number of nitrogens with zero attached hydrogens (tertiary/aromatic N) is 2. The predicted octanol–water partition coefficient (Wildman–Crippen LogP) is 7.18. The Bertz CT molecular complexity index is 1240. The van der Waals surface area contributed by atoms with Crippen molar-refractivity contribution in [3.63, 3.8) is 0 Å². The van der Waals surface area contributed by atoms with Crippen LogP contribution < -0.4 is 0 Å². The molecule has 1 unspecified atom stereocenters. The molecule has 0 bridgehead atoms. The Kier molecular flexibility index (Phi) is 8.03. The monoisotopic (exact) mass is 508 g/mol. The summed E-state index contributed by atoms with van der Waals surface area (Å²) in [6.07, 6.45) is 1.42. The number of benzene rings is 4. The number of carbonyl (C=O) groups is 1. The average molecular weight is 509 g/mol. The standard InChI is InChI=1S/C33H33ClN2O/c1-35(32(37)23-31(25-11-5-2-6-12-25)26-13-7-3-8-14-26)30-21-22-36(24-30)33(27-15-9-4-10-16-27)28-17-19-29(34)20-18-28/h2-20,30-31,33H,21-24H2,1H3/t30-,33?/m1/s1. The van der Waals surface area contributed by atoms with E-state index >= 15 is 0 Å². The van der Waals surface area contributed by atoms with Gasteiger partial charge in [0.2, 0.25) is 5.91 Å². The minimum absolute atomic E-state index is 0.0426. The lowest BCUT2D eigenvalue weighted by molar-refractivity contribution is -0.132. The highest BCUT2D eigenvalue weighted by Gasteiger charge is 2.34. The fourth-order valence-electron chi connectivity index (χ4n) is 5.53. The van der Waals surface area contributed by atoms with Gasteiger partial charge in [0.1, 0.15) is 0 Å². The van der Waals surface area contributed by atoms with E-state index in [1.165, 1.54) is 22.3 Å². The SMILES string of the molecule is CN(C(=O)CC(c1ccccc1)c1ccccc1)[C@@H]1CCN(C(c2ccccc2)c2ccc(Cl)cc2)C1. The van der Waals surface area contributed by atoms with Crippen molar-refractivity contribution in [1.82, 2.24) is 9.80 Å². The zero-order valence-corrected chi connectivity index (χ0v) is 22.0. The van der Waals surface area contributed by atoms with Gasteiger partial charge in [0.25, 0.3) is 0 Å². The van der Waals surface area contributed by atoms with E-state index in [4.69, 9.17) is 11.6 Å². The molecule has 1 saturated heterocycles. The minimum atomic E-state index is 0.0426. The molecule has 0 saturated carbocycles. The molecule has 0 aliphatic carbocycles. The quantitative estimate of drug-likeness (QED) is 0.251. The first-order valence-corrected chi connectivity index (χ1v) is 13.4. The van der Waals surface area contributed by atoms with Crippen LogP contribution in [0.5, 0.6) is 0 Å². The maximum Gasteiger partial charge on any atom is 0.223 e. The summed E-state index contributed by atoms with van der Waals surface area (Å²) < 4.78 is 0. The third-order valence-electron chi connectivity index (χ3n) is 7.58. The third-order valence-corrected chi connectivity index (χ3v) is 7.84. The van der Waals surface area contributed by atoms with Gasteiger partial charge in [-0.25, -0.2) is 0 Å². The van der Waals surface area contributed by atoms with Crippen molar-refractivity contribution >= 4 is 17.5 Å². The molecule has 0 N–H and O–H groups in total. The van der Waals surface area contributed by atoms with Crippen LogP contribution >= 0.6 is 11.6 Å². The number of rotatable bonds is 8. The molecule has 4 aromatic carbocycles. The molecule has 2 atom stereocenters. The van der Waals surface area contributed by atoms with Gasteiger partial charge in [0, 0.05) is 43.5 Å². The minimum Gasteiger partial charge on any atom is -0.341 e. The number of likely N-dealkylation sites (N-methyl/N-ethyl adjacent to an activating group) is 1. The Morgan fingerprint density at radius 2 is 1.27 bits per heavy atom. The molecule has 1 aliphatic rings. The number of likely N-dealkylation sites (tertiary alicyclic amines) is 1. The van der Waals surface area contributed by atoms with Crippen LogP contribution in [0.4, 0.5) is 0 Å². The van der Waals surface area contributed by atoms with Crippen molar-refractivity contribution in [2.75, 3.05) is 20.1 Å². The van der Waals surface area contributed by atoms with Gasteiger partial charge in [-0.15, -0.1) is 0 Å². The molecule has 0 spiro atoms. The lowest BCUT2D eigenvalue weighted by Crippen LogP contribution is -2.40. The second kappa shape index (κ2) is 11.8. The van der Waals surface area contributed by atoms with Gasteiger partial charge >= 0.3 is 0 Å². The first kappa shape index (κ1) is 25.3. The van der Waals surface area contributed by atoms with Gasteiger partial charge in [-0.2, -0.15) is 0 Å². The maximum absolute atomic E-state index is 13.6. The van der Waals surface area contributed by atoms with Crippen molar-refractivity contribution in [2.24, 2.45) is 0 Å². The molecular weight excluding hydrogens is 476 g/mol. The highest BCUT2D eigenvalue weighted by Crippen LogP contribution is 2.34. The van der Waals surface area contributed by atoms with Crippen LogP contribution in [0, 0.1) is 0 Å². The van der Waals surface area contributed by atoms with Crippen molar-refractivity contribution in [3.05, 3.63) is 143 Å². The van der Waals surface area contributed by atoms with Crippen LogP contribution in [-0.4, -0.2) is 41.9 Å². The number of hydrogen-bond donors (Lipinski definition) is 0. The lowest BCUT2D eigenvalue weighted by atomic mass is 9.88. The largest absolute Gasteiger partial charge is 0.341 e. The van der Waals surface area contributed by atoms with E-state index in [-0.39, 0.29) is 23.9 Å². The average Bonchev–Trinajstić information content (AvgIpc) is 3.43. The summed E-state index contributed by atoms with van der Waals surface area (Å²) in [7, 11) is 1.98. The summed E-state index contributed by atoms with van der Waals surface area (Å²) >= 11 is 6.19. The molecule has 0 radical (unpaired) electrons. The molecule has 1 heterocycles. The normalized spacial score (nSPS) is 16.6. The van der Waals surface area contributed by atoms with Crippen LogP contribution in [0.15, 0.2) is 115 Å². The van der Waals surface area contributed by atoms with Gasteiger partial charge in [0.15, 0.2) is 0 Å². The zero-order valence-electron chi connectivity index (χ0n) is 21.2. The molecule has 4 heteroatoms. The summed E-state index contributed by atoms with van der Waals surface area (Å²) in [4.78, 5) is 18.1. The topological polar surface area (TPSA) is 23.6 Å². The Labute approximate surface area is 225 Å². The third kappa shape index (κ3) is 5.95. The fourth-order valence-corrected chi connectivity index (χ4v) is 5.66. The van der Waals surface area contributed by atoms with Gasteiger partial charge < -0.3 is 4.90 Å². The number of carbonyl (C=O) groups excluding carboxylic acids is 1. The highest BCUT2D eigenvalue weighted by atomic mass is 35.5. The van der Waals surface area contributed by atoms with Gasteiger partial charge in [0.05, 0.1) is 6.04 Å². The summed E-state index contributed by atoms with van der Waals surface area (Å²) in [5.74, 6) is 0.230. The highest BCUT2D eigenvalue weighted by molar-refractivity contribution is 6.30. The van der Waals surface area contributed by atoms with E-state index in [2.05, 4.69) is 95.9 Å². The molecule has 1 amide bonds. The Morgan fingerprint density at radius 3 is 1.81 bits per heavy atom. The van der Waals surface area contributed by atoms with Crippen LogP contribution in [0.25, 0.3) is 0 Å². The van der Waals surface area contributed by atoms with Gasteiger partial charge in [-0.05, 0) is 40.8 Å². The fraction of sp³-hybridized carbons (Fsp3) is 0.242. The van der Waals surface area contributed by atoms with E-state index in [9.17, 15) is 4.79 Å². The van der Waals surface area contributed by atoms with E-state index in [1.807, 2.05) is 36.2 Å². The van der Waals surface area contributed by atoms with E-state index in [0.29, 0.717) is 6.42 Å². The molecular formula is C33H33ClN2O. The van der Waals surface area contributed by atoms with Gasteiger partial charge in [-0.3, -0.25) is 9.69 Å². The second-order valence-electron chi connectivity index (χ2n) is 9.88. The summed E-state index contributed by atoms with van der Waals surface area (Å²) in [6, 6.07) is 39.8. The van der Waals surface area contributed by atoms with E-state index in [0.717, 1.165) is 24.5 Å². The van der Waals surface area contributed by atoms with Crippen molar-refractivity contribution < 1.29 is 4.79 Å². The van der Waals surface area contributed by atoms with Crippen LogP contribution in [0.1, 0.15) is 47.1 Å². The Morgan fingerprint density at radius 1 is 0.784 bits per heavy atom. The summed E-state index contributed by atoms with van der Waals surface area (Å²) in [5, 5.41) is 0.742. The van der Waals surface area contributed by atoms with Crippen LogP contribution in [0.3, 0.4) is 0 Å².